The minimum absolute atomic E-state index is 0.115. The molecule has 3 aliphatic rings. The maximum atomic E-state index is 11.2. The standard InChI is InChI=1S/C26H52N4O11/c1-2-3-4-5-6-7-8-37-24-15(11-31)39-26(20(35)19(24)34)41-23-13(29)9-12(28)22(21(23)36)40-25-16(30)18(33)17(32)14(10-27)38-25/h12-26,31-36H,2-11,27-30H2,1H3/t12-,13+,14+,15+,16+,17+,18+,19+,20+,21-,22+,23-,24+,25+,26?/m0/s1. The quantitative estimate of drug-likeness (QED) is 0.0858. The van der Waals surface area contributed by atoms with E-state index in [4.69, 9.17) is 46.6 Å². The Morgan fingerprint density at radius 1 is 0.683 bits per heavy atom. The van der Waals surface area contributed by atoms with Crippen LogP contribution in [-0.4, -0.2) is 142 Å². The van der Waals surface area contributed by atoms with Gasteiger partial charge >= 0.3 is 0 Å². The maximum Gasteiger partial charge on any atom is 0.187 e. The van der Waals surface area contributed by atoms with E-state index in [0.717, 1.165) is 32.1 Å². The van der Waals surface area contributed by atoms with Gasteiger partial charge in [-0.15, -0.1) is 0 Å². The zero-order valence-electron chi connectivity index (χ0n) is 23.8. The lowest BCUT2D eigenvalue weighted by atomic mass is 9.84. The molecule has 1 aliphatic carbocycles. The van der Waals surface area contributed by atoms with Gasteiger partial charge in [0.2, 0.25) is 0 Å². The normalized spacial score (nSPS) is 45.6. The summed E-state index contributed by atoms with van der Waals surface area (Å²) in [6, 6.07) is -2.77. The number of aliphatic hydroxyl groups is 6. The molecule has 0 aromatic carbocycles. The summed E-state index contributed by atoms with van der Waals surface area (Å²) < 4.78 is 28.9. The third-order valence-corrected chi connectivity index (χ3v) is 8.25. The van der Waals surface area contributed by atoms with Crippen LogP contribution in [0, 0.1) is 0 Å². The van der Waals surface area contributed by atoms with Crippen molar-refractivity contribution in [3.05, 3.63) is 0 Å². The Kier molecular flexibility index (Phi) is 14.0. The van der Waals surface area contributed by atoms with Gasteiger partial charge in [-0.3, -0.25) is 0 Å². The predicted octanol–water partition coefficient (Wildman–Crippen LogP) is -3.91. The molecule has 3 rings (SSSR count). The highest BCUT2D eigenvalue weighted by molar-refractivity contribution is 5.01. The number of aliphatic hydroxyl groups excluding tert-OH is 6. The van der Waals surface area contributed by atoms with Crippen molar-refractivity contribution in [3.8, 4) is 0 Å². The van der Waals surface area contributed by atoms with Gasteiger partial charge in [0.25, 0.3) is 0 Å². The minimum Gasteiger partial charge on any atom is -0.394 e. The lowest BCUT2D eigenvalue weighted by Gasteiger charge is -2.48. The first-order valence-electron chi connectivity index (χ1n) is 14.8. The number of ether oxygens (including phenoxy) is 5. The summed E-state index contributed by atoms with van der Waals surface area (Å²) in [5.41, 5.74) is 24.1. The number of unbranched alkanes of at least 4 members (excludes halogenated alkanes) is 5. The summed E-state index contributed by atoms with van der Waals surface area (Å²) in [4.78, 5) is 0. The third-order valence-electron chi connectivity index (χ3n) is 8.25. The second kappa shape index (κ2) is 16.5. The monoisotopic (exact) mass is 596 g/mol. The Bertz CT molecular complexity index is 756. The van der Waals surface area contributed by atoms with E-state index in [2.05, 4.69) is 6.92 Å². The maximum absolute atomic E-state index is 11.2. The molecule has 41 heavy (non-hydrogen) atoms. The van der Waals surface area contributed by atoms with Crippen molar-refractivity contribution in [3.63, 3.8) is 0 Å². The summed E-state index contributed by atoms with van der Waals surface area (Å²) in [5.74, 6) is 0. The fraction of sp³-hybridized carbons (Fsp3) is 1.00. The van der Waals surface area contributed by atoms with Gasteiger partial charge in [-0.25, -0.2) is 0 Å². The lowest BCUT2D eigenvalue weighted by Crippen LogP contribution is -2.69. The van der Waals surface area contributed by atoms with Crippen LogP contribution in [0.2, 0.25) is 0 Å². The molecule has 15 atom stereocenters. The number of nitrogens with two attached hydrogens (primary N) is 4. The van der Waals surface area contributed by atoms with Crippen molar-refractivity contribution in [2.45, 2.75) is 144 Å². The average Bonchev–Trinajstić information content (AvgIpc) is 2.95. The molecule has 0 aromatic rings. The highest BCUT2D eigenvalue weighted by Gasteiger charge is 2.52. The van der Waals surface area contributed by atoms with Gasteiger partial charge in [-0.2, -0.15) is 0 Å². The van der Waals surface area contributed by atoms with Crippen molar-refractivity contribution in [1.29, 1.82) is 0 Å². The molecule has 2 heterocycles. The molecule has 14 N–H and O–H groups in total. The van der Waals surface area contributed by atoms with Crippen LogP contribution in [0.5, 0.6) is 0 Å². The third kappa shape index (κ3) is 8.53. The molecule has 2 saturated heterocycles. The molecule has 3 fully saturated rings. The van der Waals surface area contributed by atoms with Crippen LogP contribution in [-0.2, 0) is 23.7 Å². The first kappa shape index (κ1) is 34.9. The zero-order valence-corrected chi connectivity index (χ0v) is 23.8. The predicted molar refractivity (Wildman–Crippen MR) is 145 cm³/mol. The van der Waals surface area contributed by atoms with Gasteiger partial charge in [0.1, 0.15) is 61.0 Å². The summed E-state index contributed by atoms with van der Waals surface area (Å²) >= 11 is 0. The number of hydrogen-bond acceptors (Lipinski definition) is 15. The molecule has 0 bridgehead atoms. The van der Waals surface area contributed by atoms with Crippen LogP contribution in [0.3, 0.4) is 0 Å². The minimum atomic E-state index is -1.57. The molecule has 0 aromatic heterocycles. The molecule has 15 heteroatoms. The summed E-state index contributed by atoms with van der Waals surface area (Å²) in [6.07, 6.45) is -8.74. The first-order chi connectivity index (χ1) is 19.5. The van der Waals surface area contributed by atoms with Crippen LogP contribution in [0.4, 0.5) is 0 Å². The Labute approximate surface area is 241 Å². The fourth-order valence-corrected chi connectivity index (χ4v) is 5.69. The summed E-state index contributed by atoms with van der Waals surface area (Å²) in [6.45, 7) is 1.86. The van der Waals surface area contributed by atoms with Gasteiger partial charge in [0.05, 0.1) is 12.6 Å². The molecule has 1 unspecified atom stereocenters. The van der Waals surface area contributed by atoms with E-state index in [1.807, 2.05) is 0 Å². The van der Waals surface area contributed by atoms with Crippen molar-refractivity contribution in [1.82, 2.24) is 0 Å². The smallest absolute Gasteiger partial charge is 0.187 e. The van der Waals surface area contributed by atoms with E-state index >= 15 is 0 Å². The van der Waals surface area contributed by atoms with E-state index in [-0.39, 0.29) is 13.0 Å². The van der Waals surface area contributed by atoms with E-state index in [9.17, 15) is 30.6 Å². The van der Waals surface area contributed by atoms with Crippen molar-refractivity contribution in [2.75, 3.05) is 19.8 Å². The zero-order chi connectivity index (χ0) is 30.3. The molecule has 15 nitrogen and oxygen atoms in total. The Hall–Kier alpha value is -0.600. The summed E-state index contributed by atoms with van der Waals surface area (Å²) in [7, 11) is 0. The largest absolute Gasteiger partial charge is 0.394 e. The molecular weight excluding hydrogens is 544 g/mol. The summed E-state index contributed by atoms with van der Waals surface area (Å²) in [5, 5.41) is 63.1. The lowest BCUT2D eigenvalue weighted by molar-refractivity contribution is -0.335. The van der Waals surface area contributed by atoms with Crippen molar-refractivity contribution in [2.24, 2.45) is 22.9 Å². The Morgan fingerprint density at radius 3 is 1.88 bits per heavy atom. The fourth-order valence-electron chi connectivity index (χ4n) is 5.69. The molecule has 242 valence electrons. The molecule has 1 saturated carbocycles. The number of rotatable bonds is 14. The molecule has 0 amide bonds. The van der Waals surface area contributed by atoms with E-state index in [1.165, 1.54) is 6.42 Å². The van der Waals surface area contributed by atoms with E-state index in [1.54, 1.807) is 0 Å². The second-order valence-electron chi connectivity index (χ2n) is 11.4. The molecular formula is C26H52N4O11. The van der Waals surface area contributed by atoms with Crippen LogP contribution < -0.4 is 22.9 Å². The van der Waals surface area contributed by atoms with Crippen LogP contribution in [0.1, 0.15) is 51.9 Å². The van der Waals surface area contributed by atoms with E-state index in [0.29, 0.717) is 6.61 Å². The molecule has 2 aliphatic heterocycles. The highest BCUT2D eigenvalue weighted by Crippen LogP contribution is 2.32. The van der Waals surface area contributed by atoms with Gasteiger partial charge in [-0.1, -0.05) is 39.0 Å². The second-order valence-corrected chi connectivity index (χ2v) is 11.4. The number of hydrogen-bond donors (Lipinski definition) is 10. The van der Waals surface area contributed by atoms with Crippen LogP contribution in [0.15, 0.2) is 0 Å². The van der Waals surface area contributed by atoms with Gasteiger partial charge < -0.3 is 77.3 Å². The first-order valence-corrected chi connectivity index (χ1v) is 14.8. The average molecular weight is 597 g/mol. The van der Waals surface area contributed by atoms with Crippen LogP contribution >= 0.6 is 0 Å². The Morgan fingerprint density at radius 2 is 1.27 bits per heavy atom. The van der Waals surface area contributed by atoms with Crippen molar-refractivity contribution < 1.29 is 54.3 Å². The van der Waals surface area contributed by atoms with Gasteiger partial charge in [0.15, 0.2) is 12.6 Å². The van der Waals surface area contributed by atoms with Gasteiger partial charge in [-0.05, 0) is 12.8 Å². The van der Waals surface area contributed by atoms with Crippen molar-refractivity contribution >= 4 is 0 Å². The highest BCUT2D eigenvalue weighted by atomic mass is 16.7. The van der Waals surface area contributed by atoms with Gasteiger partial charge in [0, 0.05) is 25.2 Å². The topological polar surface area (TPSA) is 272 Å². The molecule has 0 radical (unpaired) electrons. The van der Waals surface area contributed by atoms with Crippen LogP contribution in [0.25, 0.3) is 0 Å². The SMILES string of the molecule is CCCCCCCCO[C@H]1[C@H](O)[C@@H](O)C(O[C@@H]2[C@@H](O)[C@H](O[C@H]3O[C@H](CN)[C@@H](O)[C@H](O)[C@H]3N)[C@@H](N)C[C@H]2N)O[C@@H]1CO. The Balaban J connectivity index is 1.61. The van der Waals surface area contributed by atoms with E-state index < -0.39 is 98.4 Å². The molecule has 0 spiro atoms.